The second-order valence-corrected chi connectivity index (χ2v) is 11.5. The van der Waals surface area contributed by atoms with Crippen molar-refractivity contribution in [3.8, 4) is 0 Å². The Balaban J connectivity index is 2.83. The van der Waals surface area contributed by atoms with Gasteiger partial charge >= 0.3 is 6.09 Å². The summed E-state index contributed by atoms with van der Waals surface area (Å²) >= 11 is 0. The molecule has 1 aliphatic rings. The van der Waals surface area contributed by atoms with Crippen molar-refractivity contribution in [3.63, 3.8) is 0 Å². The summed E-state index contributed by atoms with van der Waals surface area (Å²) in [5.41, 5.74) is 6.82. The molecule has 1 amide bonds. The number of piperidine rings is 1. The van der Waals surface area contributed by atoms with Crippen LogP contribution in [-0.4, -0.2) is 49.7 Å². The van der Waals surface area contributed by atoms with Gasteiger partial charge in [-0.3, -0.25) is 0 Å². The molecule has 2 atom stereocenters. The number of carbonyl (C=O) groups is 1. The molecule has 1 rings (SSSR count). The van der Waals surface area contributed by atoms with Gasteiger partial charge in [0.15, 0.2) is 14.4 Å². The van der Waals surface area contributed by atoms with Crippen molar-refractivity contribution in [2.75, 3.05) is 13.1 Å². The molecule has 1 aliphatic heterocycles. The first-order valence-electron chi connectivity index (χ1n) is 6.79. The molecule has 0 bridgehead atoms. The van der Waals surface area contributed by atoms with Gasteiger partial charge in [-0.1, -0.05) is 20.8 Å². The SMILES string of the molecule is CC(C)(C)[Si](C)(C)OC1CC(N=[N+]=N)CN(C(=O)O)C1. The molecular weight excluding hydrogens is 276 g/mol. The van der Waals surface area contributed by atoms with Crippen molar-refractivity contribution in [2.45, 2.75) is 57.5 Å². The van der Waals surface area contributed by atoms with Gasteiger partial charge < -0.3 is 14.4 Å². The van der Waals surface area contributed by atoms with Gasteiger partial charge in [0, 0.05) is 13.0 Å². The molecule has 20 heavy (non-hydrogen) atoms. The van der Waals surface area contributed by atoms with E-state index in [2.05, 4.69) is 43.9 Å². The Hall–Kier alpha value is -1.24. The summed E-state index contributed by atoms with van der Waals surface area (Å²) in [6, 6.07) is -0.285. The molecule has 7 nitrogen and oxygen atoms in total. The van der Waals surface area contributed by atoms with Crippen molar-refractivity contribution in [2.24, 2.45) is 5.11 Å². The molecule has 0 aromatic carbocycles. The normalized spacial score (nSPS) is 24.1. The first kappa shape index (κ1) is 16.8. The third-order valence-corrected chi connectivity index (χ3v) is 8.68. The molecular formula is C12H25N4O3Si+. The van der Waals surface area contributed by atoms with Crippen molar-refractivity contribution in [1.82, 2.24) is 9.81 Å². The molecule has 0 aromatic rings. The molecule has 0 radical (unpaired) electrons. The monoisotopic (exact) mass is 301 g/mol. The Kier molecular flexibility index (Phi) is 5.07. The summed E-state index contributed by atoms with van der Waals surface area (Å²) in [6.45, 7) is 11.4. The minimum Gasteiger partial charge on any atom is -0.465 e. The first-order valence-corrected chi connectivity index (χ1v) is 9.70. The van der Waals surface area contributed by atoms with Gasteiger partial charge in [-0.2, -0.15) is 0 Å². The van der Waals surface area contributed by atoms with E-state index in [-0.39, 0.29) is 23.7 Å². The molecule has 1 fully saturated rings. The molecule has 1 heterocycles. The van der Waals surface area contributed by atoms with E-state index in [1.165, 1.54) is 4.90 Å². The van der Waals surface area contributed by atoms with Crippen molar-refractivity contribution >= 4 is 14.4 Å². The van der Waals surface area contributed by atoms with Gasteiger partial charge in [0.1, 0.15) is 10.6 Å². The van der Waals surface area contributed by atoms with Gasteiger partial charge in [-0.25, -0.2) is 4.79 Å². The van der Waals surface area contributed by atoms with Crippen LogP contribution in [0.2, 0.25) is 18.1 Å². The average molecular weight is 301 g/mol. The van der Waals surface area contributed by atoms with Crippen LogP contribution in [0.1, 0.15) is 27.2 Å². The molecule has 114 valence electrons. The smallest absolute Gasteiger partial charge is 0.407 e. The molecule has 0 spiro atoms. The Bertz CT molecular complexity index is 405. The fourth-order valence-electron chi connectivity index (χ4n) is 2.03. The maximum atomic E-state index is 11.2. The lowest BCUT2D eigenvalue weighted by atomic mass is 10.0. The van der Waals surface area contributed by atoms with E-state index < -0.39 is 14.4 Å². The zero-order valence-corrected chi connectivity index (χ0v) is 13.9. The quantitative estimate of drug-likeness (QED) is 0.476. The van der Waals surface area contributed by atoms with Crippen LogP contribution in [-0.2, 0) is 4.43 Å². The maximum absolute atomic E-state index is 11.2. The zero-order valence-electron chi connectivity index (χ0n) is 12.9. The number of rotatable bonds is 3. The summed E-state index contributed by atoms with van der Waals surface area (Å²) in [7, 11) is -1.95. The largest absolute Gasteiger partial charge is 0.465 e. The number of amides is 1. The van der Waals surface area contributed by atoms with Crippen LogP contribution in [0.25, 0.3) is 0 Å². The summed E-state index contributed by atoms with van der Waals surface area (Å²) in [5.74, 6) is 0. The summed E-state index contributed by atoms with van der Waals surface area (Å²) in [5, 5.41) is 13.0. The highest BCUT2D eigenvalue weighted by atomic mass is 28.4. The van der Waals surface area contributed by atoms with Gasteiger partial charge in [0.2, 0.25) is 4.91 Å². The van der Waals surface area contributed by atoms with Gasteiger partial charge in [-0.15, -0.1) is 0 Å². The predicted molar refractivity (Wildman–Crippen MR) is 77.4 cm³/mol. The molecule has 0 saturated carbocycles. The molecule has 2 unspecified atom stereocenters. The second-order valence-electron chi connectivity index (χ2n) is 6.79. The van der Waals surface area contributed by atoms with Crippen molar-refractivity contribution < 1.29 is 14.3 Å². The number of carboxylic acid groups (broad SMARTS) is 1. The van der Waals surface area contributed by atoms with Crippen molar-refractivity contribution in [1.29, 1.82) is 5.53 Å². The Morgan fingerprint density at radius 1 is 1.45 bits per heavy atom. The average Bonchev–Trinajstić information content (AvgIpc) is 2.26. The van der Waals surface area contributed by atoms with E-state index in [1.807, 2.05) is 0 Å². The van der Waals surface area contributed by atoms with Crippen LogP contribution in [0.5, 0.6) is 0 Å². The van der Waals surface area contributed by atoms with Crippen LogP contribution in [0, 0.1) is 5.53 Å². The highest BCUT2D eigenvalue weighted by molar-refractivity contribution is 6.74. The number of hydrogen-bond acceptors (Lipinski definition) is 4. The van der Waals surface area contributed by atoms with E-state index in [1.54, 1.807) is 0 Å². The van der Waals surface area contributed by atoms with Gasteiger partial charge in [0.25, 0.3) is 0 Å². The fourth-order valence-corrected chi connectivity index (χ4v) is 3.39. The van der Waals surface area contributed by atoms with Crippen LogP contribution in [0.3, 0.4) is 0 Å². The number of hydrogen-bond donors (Lipinski definition) is 2. The predicted octanol–water partition coefficient (Wildman–Crippen LogP) is 2.68. The van der Waals surface area contributed by atoms with E-state index in [4.69, 9.17) is 15.1 Å². The number of likely N-dealkylation sites (tertiary alicyclic amines) is 1. The Labute approximate surface area is 120 Å². The molecule has 0 aliphatic carbocycles. The lowest BCUT2D eigenvalue weighted by molar-refractivity contribution is 0.0624. The fraction of sp³-hybridized carbons (Fsp3) is 0.917. The van der Waals surface area contributed by atoms with Gasteiger partial charge in [0.05, 0.1) is 12.6 Å². The highest BCUT2D eigenvalue weighted by Crippen LogP contribution is 2.38. The van der Waals surface area contributed by atoms with Crippen molar-refractivity contribution in [3.05, 3.63) is 0 Å². The first-order chi connectivity index (χ1) is 9.06. The zero-order chi connectivity index (χ0) is 15.6. The van der Waals surface area contributed by atoms with Crippen LogP contribution in [0.15, 0.2) is 5.11 Å². The van der Waals surface area contributed by atoms with E-state index in [0.29, 0.717) is 13.0 Å². The lowest BCUT2D eigenvalue weighted by Crippen LogP contribution is -2.53. The molecule has 0 aromatic heterocycles. The Morgan fingerprint density at radius 2 is 2.05 bits per heavy atom. The van der Waals surface area contributed by atoms with E-state index in [0.717, 1.165) is 0 Å². The van der Waals surface area contributed by atoms with Crippen LogP contribution in [0.4, 0.5) is 4.79 Å². The third kappa shape index (κ3) is 4.13. The van der Waals surface area contributed by atoms with Crippen LogP contribution >= 0.6 is 0 Å². The standard InChI is InChI=1S/C12H24N4O3Si/c1-12(2,3)20(4,5)19-10-6-9(14-15-13)7-16(8-10)11(17)18/h9-10,13H,6-8H2,1-5H3/p+1. The number of nitrogens with one attached hydrogen (secondary N) is 1. The minimum absolute atomic E-state index is 0.0743. The summed E-state index contributed by atoms with van der Waals surface area (Å²) in [4.78, 5) is 15.5. The third-order valence-electron chi connectivity index (χ3n) is 4.15. The Morgan fingerprint density at radius 3 is 2.50 bits per heavy atom. The minimum atomic E-state index is -1.95. The molecule has 2 N–H and O–H groups in total. The topological polar surface area (TPSA) is 100 Å². The highest BCUT2D eigenvalue weighted by Gasteiger charge is 2.42. The lowest BCUT2D eigenvalue weighted by Gasteiger charge is -2.42. The molecule has 8 heteroatoms. The second kappa shape index (κ2) is 6.03. The van der Waals surface area contributed by atoms with E-state index in [9.17, 15) is 4.79 Å². The summed E-state index contributed by atoms with van der Waals surface area (Å²) in [6.07, 6.45) is -0.520. The molecule has 1 saturated heterocycles. The maximum Gasteiger partial charge on any atom is 0.407 e. The van der Waals surface area contributed by atoms with E-state index >= 15 is 0 Å². The summed E-state index contributed by atoms with van der Waals surface area (Å²) < 4.78 is 6.27. The van der Waals surface area contributed by atoms with Gasteiger partial charge in [-0.05, 0) is 18.1 Å². The van der Waals surface area contributed by atoms with Crippen LogP contribution < -0.4 is 4.91 Å². The number of nitrogens with zero attached hydrogens (tertiary/aromatic N) is 3.